The van der Waals surface area contributed by atoms with Gasteiger partial charge < -0.3 is 10.6 Å². The van der Waals surface area contributed by atoms with E-state index in [1.54, 1.807) is 0 Å². The van der Waals surface area contributed by atoms with Crippen LogP contribution in [0.2, 0.25) is 0 Å². The molecular formula is C18H18N2O. The van der Waals surface area contributed by atoms with E-state index in [1.165, 1.54) is 36.1 Å². The summed E-state index contributed by atoms with van der Waals surface area (Å²) < 4.78 is 0. The number of nitrogens with zero attached hydrogens (tertiary/aromatic N) is 1. The van der Waals surface area contributed by atoms with Crippen LogP contribution in [0.5, 0.6) is 0 Å². The van der Waals surface area contributed by atoms with Crippen molar-refractivity contribution in [3.63, 3.8) is 0 Å². The van der Waals surface area contributed by atoms with Crippen molar-refractivity contribution < 1.29 is 4.79 Å². The summed E-state index contributed by atoms with van der Waals surface area (Å²) >= 11 is 0. The molecule has 6 rings (SSSR count). The Kier molecular flexibility index (Phi) is 2.09. The monoisotopic (exact) mass is 278 g/mol. The maximum absolute atomic E-state index is 11.8. The highest BCUT2D eigenvalue weighted by molar-refractivity contribution is 6.00. The minimum absolute atomic E-state index is 0.278. The Balaban J connectivity index is 1.77. The number of hydrogen-bond donors (Lipinski definition) is 1. The first kappa shape index (κ1) is 11.6. The van der Waals surface area contributed by atoms with Crippen LogP contribution < -0.4 is 10.6 Å². The summed E-state index contributed by atoms with van der Waals surface area (Å²) in [4.78, 5) is 14.3. The lowest BCUT2D eigenvalue weighted by atomic mass is 9.69. The number of benzene rings is 1. The first-order chi connectivity index (χ1) is 10.3. The molecule has 2 bridgehead atoms. The lowest BCUT2D eigenvalue weighted by Crippen LogP contribution is -2.49. The third-order valence-corrected chi connectivity index (χ3v) is 5.79. The van der Waals surface area contributed by atoms with Gasteiger partial charge in [0.2, 0.25) is 0 Å². The van der Waals surface area contributed by atoms with Gasteiger partial charge in [0.15, 0.2) is 0 Å². The molecule has 3 aliphatic heterocycles. The molecular weight excluding hydrogens is 260 g/mol. The predicted molar refractivity (Wildman–Crippen MR) is 81.7 cm³/mol. The average Bonchev–Trinajstić information content (AvgIpc) is 3.13. The third-order valence-electron chi connectivity index (χ3n) is 5.79. The highest BCUT2D eigenvalue weighted by Crippen LogP contribution is 2.60. The fourth-order valence-electron chi connectivity index (χ4n) is 5.14. The molecule has 3 heterocycles. The molecule has 21 heavy (non-hydrogen) atoms. The Morgan fingerprint density at radius 3 is 2.95 bits per heavy atom. The number of anilines is 1. The largest absolute Gasteiger partial charge is 0.366 e. The molecule has 1 aromatic rings. The summed E-state index contributed by atoms with van der Waals surface area (Å²) in [6.07, 6.45) is 6.78. The number of carbonyl (C=O) groups excluding carboxylic acids is 1. The van der Waals surface area contributed by atoms with E-state index >= 15 is 0 Å². The van der Waals surface area contributed by atoms with E-state index in [0.29, 0.717) is 12.0 Å². The third kappa shape index (κ3) is 1.27. The molecule has 1 saturated carbocycles. The molecule has 2 N–H and O–H groups in total. The predicted octanol–water partition coefficient (Wildman–Crippen LogP) is 2.84. The van der Waals surface area contributed by atoms with Crippen molar-refractivity contribution in [2.45, 2.75) is 37.6 Å². The van der Waals surface area contributed by atoms with Gasteiger partial charge in [-0.2, -0.15) is 0 Å². The number of allylic oxidation sites excluding steroid dienone is 2. The lowest BCUT2D eigenvalue weighted by Gasteiger charge is -2.51. The zero-order valence-electron chi connectivity index (χ0n) is 11.9. The maximum Gasteiger partial charge on any atom is 0.250 e. The van der Waals surface area contributed by atoms with Gasteiger partial charge in [-0.3, -0.25) is 4.79 Å². The Morgan fingerprint density at radius 2 is 2.10 bits per heavy atom. The molecule has 106 valence electrons. The molecule has 0 saturated heterocycles. The molecule has 1 aromatic carbocycles. The number of carbonyl (C=O) groups is 1. The molecule has 3 unspecified atom stereocenters. The molecule has 0 spiro atoms. The first-order valence-corrected chi connectivity index (χ1v) is 7.89. The standard InChI is InChI=1S/C18H18N2O/c19-18(21)13-9-8-12-16-10-4-1-2-6-14(10)20(17(12)13)15-7-3-5-11(15)16/h1-2,4,6,9,11,15-16H,3,5,7-8H2,(H2,19,21). The van der Waals surface area contributed by atoms with Crippen LogP contribution in [0.15, 0.2) is 47.2 Å². The summed E-state index contributed by atoms with van der Waals surface area (Å²) in [6, 6.07) is 9.28. The Bertz CT molecular complexity index is 730. The molecule has 0 radical (unpaired) electrons. The van der Waals surface area contributed by atoms with Gasteiger partial charge in [0.1, 0.15) is 0 Å². The fourth-order valence-corrected chi connectivity index (χ4v) is 5.14. The van der Waals surface area contributed by atoms with Crippen LogP contribution in [0, 0.1) is 5.92 Å². The second kappa shape index (κ2) is 3.79. The molecule has 0 aromatic heterocycles. The molecule has 3 heteroatoms. The number of hydrogen-bond acceptors (Lipinski definition) is 2. The second-order valence-corrected chi connectivity index (χ2v) is 6.63. The second-order valence-electron chi connectivity index (χ2n) is 6.63. The van der Waals surface area contributed by atoms with Crippen molar-refractivity contribution in [3.8, 4) is 0 Å². The quantitative estimate of drug-likeness (QED) is 0.858. The zero-order valence-corrected chi connectivity index (χ0v) is 11.9. The first-order valence-electron chi connectivity index (χ1n) is 7.89. The van der Waals surface area contributed by atoms with Crippen molar-refractivity contribution in [2.75, 3.05) is 4.90 Å². The van der Waals surface area contributed by atoms with Gasteiger partial charge in [-0.15, -0.1) is 0 Å². The maximum atomic E-state index is 11.8. The highest BCUT2D eigenvalue weighted by Gasteiger charge is 2.52. The average molecular weight is 278 g/mol. The Morgan fingerprint density at radius 1 is 1.24 bits per heavy atom. The number of para-hydroxylation sites is 1. The normalized spacial score (nSPS) is 31.9. The van der Waals surface area contributed by atoms with Crippen molar-refractivity contribution in [3.05, 3.63) is 52.7 Å². The summed E-state index contributed by atoms with van der Waals surface area (Å²) in [5, 5.41) is 0. The molecule has 1 amide bonds. The summed E-state index contributed by atoms with van der Waals surface area (Å²) in [6.45, 7) is 0. The summed E-state index contributed by atoms with van der Waals surface area (Å²) in [7, 11) is 0. The van der Waals surface area contributed by atoms with E-state index < -0.39 is 0 Å². The SMILES string of the molecule is NC(=O)C1=CCC2=C1N1c3ccccc3C2C2CCCC21. The van der Waals surface area contributed by atoms with Gasteiger partial charge in [-0.05, 0) is 42.4 Å². The number of rotatable bonds is 1. The van der Waals surface area contributed by atoms with Crippen LogP contribution in [-0.4, -0.2) is 11.9 Å². The molecule has 3 nitrogen and oxygen atoms in total. The van der Waals surface area contributed by atoms with Crippen LogP contribution in [0.3, 0.4) is 0 Å². The van der Waals surface area contributed by atoms with E-state index in [-0.39, 0.29) is 5.91 Å². The molecule has 3 atom stereocenters. The Hall–Kier alpha value is -2.03. The van der Waals surface area contributed by atoms with Gasteiger partial charge >= 0.3 is 0 Å². The van der Waals surface area contributed by atoms with E-state index in [2.05, 4.69) is 29.2 Å². The molecule has 2 aliphatic carbocycles. The van der Waals surface area contributed by atoms with E-state index in [9.17, 15) is 4.79 Å². The van der Waals surface area contributed by atoms with E-state index in [4.69, 9.17) is 5.73 Å². The number of amides is 1. The van der Waals surface area contributed by atoms with Crippen molar-refractivity contribution in [1.29, 1.82) is 0 Å². The minimum atomic E-state index is -0.278. The van der Waals surface area contributed by atoms with E-state index in [0.717, 1.165) is 23.6 Å². The van der Waals surface area contributed by atoms with Crippen molar-refractivity contribution in [2.24, 2.45) is 11.7 Å². The topological polar surface area (TPSA) is 46.3 Å². The smallest absolute Gasteiger partial charge is 0.250 e. The highest BCUT2D eigenvalue weighted by atomic mass is 16.1. The Labute approximate surface area is 124 Å². The van der Waals surface area contributed by atoms with Gasteiger partial charge in [-0.1, -0.05) is 30.7 Å². The fraction of sp³-hybridized carbons (Fsp3) is 0.389. The van der Waals surface area contributed by atoms with E-state index in [1.807, 2.05) is 6.08 Å². The van der Waals surface area contributed by atoms with Crippen molar-refractivity contribution >= 4 is 11.6 Å². The molecule has 5 aliphatic rings. The summed E-state index contributed by atoms with van der Waals surface area (Å²) in [5.41, 5.74) is 11.7. The zero-order chi connectivity index (χ0) is 14.1. The van der Waals surface area contributed by atoms with Crippen LogP contribution in [0.25, 0.3) is 0 Å². The number of nitrogens with two attached hydrogens (primary N) is 1. The van der Waals surface area contributed by atoms with Crippen LogP contribution >= 0.6 is 0 Å². The van der Waals surface area contributed by atoms with Gasteiger partial charge in [0, 0.05) is 17.6 Å². The van der Waals surface area contributed by atoms with Gasteiger partial charge in [0.25, 0.3) is 5.91 Å². The summed E-state index contributed by atoms with van der Waals surface area (Å²) in [5.74, 6) is 0.945. The van der Waals surface area contributed by atoms with Crippen LogP contribution in [-0.2, 0) is 4.79 Å². The van der Waals surface area contributed by atoms with Crippen LogP contribution in [0.4, 0.5) is 5.69 Å². The van der Waals surface area contributed by atoms with Gasteiger partial charge in [-0.25, -0.2) is 0 Å². The van der Waals surface area contributed by atoms with Crippen molar-refractivity contribution in [1.82, 2.24) is 0 Å². The van der Waals surface area contributed by atoms with Gasteiger partial charge in [0.05, 0.1) is 11.3 Å². The minimum Gasteiger partial charge on any atom is -0.366 e. The van der Waals surface area contributed by atoms with Crippen LogP contribution in [0.1, 0.15) is 37.2 Å². The lowest BCUT2D eigenvalue weighted by molar-refractivity contribution is -0.114. The molecule has 1 fully saturated rings. The number of primary amides is 1.